The van der Waals surface area contributed by atoms with Crippen molar-refractivity contribution in [2.75, 3.05) is 32.8 Å². The molecule has 0 spiro atoms. The molecule has 0 atom stereocenters. The van der Waals surface area contributed by atoms with Gasteiger partial charge < -0.3 is 14.5 Å². The predicted octanol–water partition coefficient (Wildman–Crippen LogP) is 2.10. The Hall–Kier alpha value is -2.83. The van der Waals surface area contributed by atoms with Gasteiger partial charge in [-0.15, -0.1) is 0 Å². The number of aryl methyl sites for hydroxylation is 1. The molecule has 7 nitrogen and oxygen atoms in total. The molecule has 0 unspecified atom stereocenters. The van der Waals surface area contributed by atoms with E-state index >= 15 is 0 Å². The number of amides is 2. The summed E-state index contributed by atoms with van der Waals surface area (Å²) in [5.74, 6) is -0.0211. The van der Waals surface area contributed by atoms with Crippen LogP contribution in [0.5, 0.6) is 0 Å². The lowest BCUT2D eigenvalue weighted by atomic mass is 10.1. The molecule has 1 aliphatic rings. The molecule has 0 radical (unpaired) electrons. The summed E-state index contributed by atoms with van der Waals surface area (Å²) in [4.78, 5) is 27.8. The van der Waals surface area contributed by atoms with E-state index in [-0.39, 0.29) is 12.0 Å². The van der Waals surface area contributed by atoms with E-state index in [9.17, 15) is 9.59 Å². The maximum Gasteiger partial charge on any atom is 0.409 e. The molecule has 0 saturated carbocycles. The summed E-state index contributed by atoms with van der Waals surface area (Å²) in [5.41, 5.74) is 2.60. The minimum absolute atomic E-state index is 0.0211. The number of aromatic nitrogens is 2. The van der Waals surface area contributed by atoms with Crippen LogP contribution in [0.3, 0.4) is 0 Å². The fraction of sp³-hybridized carbons (Fsp3) is 0.389. The van der Waals surface area contributed by atoms with Gasteiger partial charge in [0, 0.05) is 43.6 Å². The van der Waals surface area contributed by atoms with Crippen molar-refractivity contribution >= 4 is 12.0 Å². The molecule has 132 valence electrons. The van der Waals surface area contributed by atoms with E-state index in [1.165, 1.54) is 0 Å². The largest absolute Gasteiger partial charge is 0.450 e. The van der Waals surface area contributed by atoms with Crippen molar-refractivity contribution in [1.82, 2.24) is 19.6 Å². The summed E-state index contributed by atoms with van der Waals surface area (Å²) in [6, 6.07) is 9.35. The molecule has 25 heavy (non-hydrogen) atoms. The molecule has 1 aliphatic heterocycles. The number of hydrogen-bond acceptors (Lipinski definition) is 4. The number of piperazine rings is 1. The number of carbonyl (C=O) groups is 2. The number of ether oxygens (including phenoxy) is 1. The van der Waals surface area contributed by atoms with Crippen LogP contribution in [0, 0.1) is 6.92 Å². The smallest absolute Gasteiger partial charge is 0.409 e. The van der Waals surface area contributed by atoms with Gasteiger partial charge in [-0.25, -0.2) is 9.48 Å². The average molecular weight is 342 g/mol. The van der Waals surface area contributed by atoms with E-state index in [1.54, 1.807) is 22.9 Å². The third kappa shape index (κ3) is 3.65. The molecule has 1 aromatic heterocycles. The molecule has 7 heteroatoms. The van der Waals surface area contributed by atoms with Crippen molar-refractivity contribution in [1.29, 1.82) is 0 Å². The van der Waals surface area contributed by atoms with Crippen molar-refractivity contribution in [3.05, 3.63) is 47.8 Å². The summed E-state index contributed by atoms with van der Waals surface area (Å²) in [6.45, 7) is 6.14. The monoisotopic (exact) mass is 342 g/mol. The van der Waals surface area contributed by atoms with E-state index in [0.717, 1.165) is 11.4 Å². The Morgan fingerprint density at radius 1 is 1.04 bits per heavy atom. The molecule has 0 bridgehead atoms. The zero-order chi connectivity index (χ0) is 17.8. The molecule has 2 aromatic rings. The van der Waals surface area contributed by atoms with Gasteiger partial charge in [-0.1, -0.05) is 0 Å². The molecular weight excluding hydrogens is 320 g/mol. The first kappa shape index (κ1) is 17.0. The molecule has 2 heterocycles. The van der Waals surface area contributed by atoms with Crippen LogP contribution in [-0.2, 0) is 4.74 Å². The fourth-order valence-electron chi connectivity index (χ4n) is 2.87. The highest BCUT2D eigenvalue weighted by atomic mass is 16.6. The molecule has 1 fully saturated rings. The normalized spacial score (nSPS) is 14.5. The van der Waals surface area contributed by atoms with Crippen LogP contribution in [0.1, 0.15) is 23.0 Å². The number of carbonyl (C=O) groups excluding carboxylic acids is 2. The Labute approximate surface area is 146 Å². The number of hydrogen-bond donors (Lipinski definition) is 0. The molecule has 1 aromatic carbocycles. The molecule has 3 rings (SSSR count). The van der Waals surface area contributed by atoms with Gasteiger partial charge in [0.1, 0.15) is 0 Å². The number of benzene rings is 1. The van der Waals surface area contributed by atoms with Gasteiger partial charge >= 0.3 is 6.09 Å². The van der Waals surface area contributed by atoms with Crippen molar-refractivity contribution < 1.29 is 14.3 Å². The Morgan fingerprint density at radius 2 is 1.68 bits per heavy atom. The third-order valence-corrected chi connectivity index (χ3v) is 4.28. The van der Waals surface area contributed by atoms with Crippen LogP contribution in [-0.4, -0.2) is 64.4 Å². The van der Waals surface area contributed by atoms with E-state index in [1.807, 2.05) is 41.9 Å². The van der Waals surface area contributed by atoms with Crippen LogP contribution in [0.4, 0.5) is 4.79 Å². The van der Waals surface area contributed by atoms with Crippen LogP contribution in [0.25, 0.3) is 5.69 Å². The van der Waals surface area contributed by atoms with E-state index in [0.29, 0.717) is 38.3 Å². The Kier molecular flexibility index (Phi) is 5.02. The van der Waals surface area contributed by atoms with Crippen molar-refractivity contribution in [3.63, 3.8) is 0 Å². The van der Waals surface area contributed by atoms with Crippen LogP contribution >= 0.6 is 0 Å². The second kappa shape index (κ2) is 7.38. The summed E-state index contributed by atoms with van der Waals surface area (Å²) < 4.78 is 6.82. The van der Waals surface area contributed by atoms with Gasteiger partial charge in [-0.2, -0.15) is 5.10 Å². The van der Waals surface area contributed by atoms with Gasteiger partial charge in [0.05, 0.1) is 12.3 Å². The highest BCUT2D eigenvalue weighted by molar-refractivity contribution is 5.94. The van der Waals surface area contributed by atoms with E-state index in [4.69, 9.17) is 4.74 Å². The second-order valence-corrected chi connectivity index (χ2v) is 5.91. The van der Waals surface area contributed by atoms with Crippen LogP contribution < -0.4 is 0 Å². The Morgan fingerprint density at radius 3 is 2.24 bits per heavy atom. The zero-order valence-electron chi connectivity index (χ0n) is 14.5. The second-order valence-electron chi connectivity index (χ2n) is 5.91. The molecule has 0 aliphatic carbocycles. The molecule has 2 amide bonds. The number of nitrogens with zero attached hydrogens (tertiary/aromatic N) is 4. The van der Waals surface area contributed by atoms with Crippen LogP contribution in [0.15, 0.2) is 36.5 Å². The van der Waals surface area contributed by atoms with Gasteiger partial charge in [-0.05, 0) is 44.2 Å². The van der Waals surface area contributed by atoms with Gasteiger partial charge in [0.25, 0.3) is 5.91 Å². The number of rotatable bonds is 3. The van der Waals surface area contributed by atoms with Crippen molar-refractivity contribution in [2.24, 2.45) is 0 Å². The fourth-order valence-corrected chi connectivity index (χ4v) is 2.87. The molecule has 1 saturated heterocycles. The SMILES string of the molecule is CCOC(=O)N1CCN(C(=O)c2ccc(-n3nccc3C)cc2)CC1. The lowest BCUT2D eigenvalue weighted by molar-refractivity contribution is 0.0570. The highest BCUT2D eigenvalue weighted by Gasteiger charge is 2.25. The summed E-state index contributed by atoms with van der Waals surface area (Å²) in [7, 11) is 0. The maximum absolute atomic E-state index is 12.6. The summed E-state index contributed by atoms with van der Waals surface area (Å²) >= 11 is 0. The standard InChI is InChI=1S/C18H22N4O3/c1-3-25-18(24)21-12-10-20(11-13-21)17(23)15-4-6-16(7-5-15)22-14(2)8-9-19-22/h4-9H,3,10-13H2,1-2H3. The average Bonchev–Trinajstić information content (AvgIpc) is 3.07. The first-order valence-corrected chi connectivity index (χ1v) is 8.42. The maximum atomic E-state index is 12.6. The van der Waals surface area contributed by atoms with Crippen molar-refractivity contribution in [3.8, 4) is 5.69 Å². The first-order valence-electron chi connectivity index (χ1n) is 8.42. The lowest BCUT2D eigenvalue weighted by Crippen LogP contribution is -2.50. The van der Waals surface area contributed by atoms with Gasteiger partial charge in [-0.3, -0.25) is 4.79 Å². The minimum atomic E-state index is -0.312. The first-order chi connectivity index (χ1) is 12.1. The summed E-state index contributed by atoms with van der Waals surface area (Å²) in [6.07, 6.45) is 1.44. The minimum Gasteiger partial charge on any atom is -0.450 e. The third-order valence-electron chi connectivity index (χ3n) is 4.28. The quantitative estimate of drug-likeness (QED) is 0.857. The topological polar surface area (TPSA) is 67.7 Å². The van der Waals surface area contributed by atoms with Crippen molar-refractivity contribution in [2.45, 2.75) is 13.8 Å². The van der Waals surface area contributed by atoms with Gasteiger partial charge in [0.15, 0.2) is 0 Å². The predicted molar refractivity (Wildman–Crippen MR) is 92.8 cm³/mol. The van der Waals surface area contributed by atoms with E-state index in [2.05, 4.69) is 5.10 Å². The molecule has 0 N–H and O–H groups in total. The van der Waals surface area contributed by atoms with E-state index < -0.39 is 0 Å². The zero-order valence-corrected chi connectivity index (χ0v) is 14.5. The van der Waals surface area contributed by atoms with Crippen LogP contribution in [0.2, 0.25) is 0 Å². The van der Waals surface area contributed by atoms with Gasteiger partial charge in [0.2, 0.25) is 0 Å². The molecular formula is C18H22N4O3. The highest BCUT2D eigenvalue weighted by Crippen LogP contribution is 2.14. The lowest BCUT2D eigenvalue weighted by Gasteiger charge is -2.34. The Balaban J connectivity index is 1.62. The summed E-state index contributed by atoms with van der Waals surface area (Å²) in [5, 5.41) is 4.26. The Bertz CT molecular complexity index is 746.